The van der Waals surface area contributed by atoms with Gasteiger partial charge in [-0.15, -0.1) is 0 Å². The maximum Gasteiger partial charge on any atom is 0.251 e. The Morgan fingerprint density at radius 3 is 2.19 bits per heavy atom. The smallest absolute Gasteiger partial charge is 0.251 e. The zero-order valence-corrected chi connectivity index (χ0v) is 20.1. The van der Waals surface area contributed by atoms with Crippen LogP contribution >= 0.6 is 0 Å². The summed E-state index contributed by atoms with van der Waals surface area (Å²) >= 11 is 0. The first kappa shape index (κ1) is 24.5. The Kier molecular flexibility index (Phi) is 8.33. The van der Waals surface area contributed by atoms with E-state index in [2.05, 4.69) is 16.0 Å². The van der Waals surface area contributed by atoms with E-state index in [1.165, 1.54) is 0 Å². The fourth-order valence-corrected chi connectivity index (χ4v) is 3.64. The first-order valence-electron chi connectivity index (χ1n) is 11.8. The van der Waals surface area contributed by atoms with Crippen LogP contribution in [0.15, 0.2) is 109 Å². The highest BCUT2D eigenvalue weighted by Crippen LogP contribution is 2.19. The maximum absolute atomic E-state index is 12.6. The van der Waals surface area contributed by atoms with Gasteiger partial charge in [-0.1, -0.05) is 66.7 Å². The number of anilines is 2. The zero-order chi connectivity index (χ0) is 25.2. The number of rotatable bonds is 10. The number of ether oxygens (including phenoxy) is 1. The van der Waals surface area contributed by atoms with Crippen molar-refractivity contribution in [1.29, 1.82) is 0 Å². The first-order chi connectivity index (χ1) is 17.6. The van der Waals surface area contributed by atoms with E-state index in [4.69, 9.17) is 4.74 Å². The number of amides is 2. The fraction of sp³-hybridized carbons (Fsp3) is 0.133. The van der Waals surface area contributed by atoms with Crippen LogP contribution in [0.4, 0.5) is 11.4 Å². The maximum atomic E-state index is 12.6. The van der Waals surface area contributed by atoms with Gasteiger partial charge < -0.3 is 20.7 Å². The van der Waals surface area contributed by atoms with Crippen LogP contribution in [0.2, 0.25) is 0 Å². The van der Waals surface area contributed by atoms with Crippen molar-refractivity contribution >= 4 is 23.2 Å². The van der Waals surface area contributed by atoms with E-state index in [1.54, 1.807) is 30.3 Å². The van der Waals surface area contributed by atoms with Crippen molar-refractivity contribution in [1.82, 2.24) is 5.32 Å². The highest BCUT2D eigenvalue weighted by Gasteiger charge is 2.11. The van der Waals surface area contributed by atoms with Gasteiger partial charge in [-0.25, -0.2) is 0 Å². The van der Waals surface area contributed by atoms with Gasteiger partial charge in [0.15, 0.2) is 0 Å². The minimum atomic E-state index is -0.186. The van der Waals surface area contributed by atoms with Gasteiger partial charge in [0.05, 0.1) is 12.6 Å². The molecule has 0 saturated carbocycles. The molecule has 4 rings (SSSR count). The molecule has 0 heterocycles. The number of hydrogen-bond acceptors (Lipinski definition) is 4. The van der Waals surface area contributed by atoms with E-state index in [9.17, 15) is 9.59 Å². The van der Waals surface area contributed by atoms with Crippen LogP contribution in [-0.4, -0.2) is 18.4 Å². The first-order valence-corrected chi connectivity index (χ1v) is 11.8. The van der Waals surface area contributed by atoms with Crippen molar-refractivity contribution < 1.29 is 14.3 Å². The van der Waals surface area contributed by atoms with Gasteiger partial charge in [-0.2, -0.15) is 0 Å². The molecule has 0 bridgehead atoms. The molecule has 1 atom stereocenters. The topological polar surface area (TPSA) is 79.5 Å². The summed E-state index contributed by atoms with van der Waals surface area (Å²) in [6.07, 6.45) is 0. The van der Waals surface area contributed by atoms with Gasteiger partial charge in [-0.05, 0) is 54.4 Å². The third-order valence-corrected chi connectivity index (χ3v) is 5.61. The van der Waals surface area contributed by atoms with E-state index in [-0.39, 0.29) is 24.4 Å². The molecule has 6 nitrogen and oxygen atoms in total. The average Bonchev–Trinajstić information content (AvgIpc) is 2.92. The van der Waals surface area contributed by atoms with Crippen LogP contribution in [0, 0.1) is 0 Å². The van der Waals surface area contributed by atoms with E-state index < -0.39 is 0 Å². The molecule has 2 amide bonds. The van der Waals surface area contributed by atoms with E-state index in [0.717, 1.165) is 16.8 Å². The van der Waals surface area contributed by atoms with Crippen molar-refractivity contribution in [2.45, 2.75) is 19.6 Å². The molecular formula is C30H29N3O3. The molecule has 0 aliphatic rings. The predicted molar refractivity (Wildman–Crippen MR) is 143 cm³/mol. The summed E-state index contributed by atoms with van der Waals surface area (Å²) in [4.78, 5) is 25.0. The SMILES string of the molecule is CC(NC(=O)c1ccc(NCC(=O)Nc2cccc(OCc3ccccc3)c2)cc1)c1ccccc1. The van der Waals surface area contributed by atoms with Crippen molar-refractivity contribution in [3.63, 3.8) is 0 Å². The summed E-state index contributed by atoms with van der Waals surface area (Å²) in [6, 6.07) is 34.0. The average molecular weight is 480 g/mol. The third-order valence-electron chi connectivity index (χ3n) is 5.61. The second-order valence-corrected chi connectivity index (χ2v) is 8.39. The number of nitrogens with one attached hydrogen (secondary N) is 3. The Balaban J connectivity index is 1.24. The molecule has 4 aromatic rings. The Bertz CT molecular complexity index is 1280. The van der Waals surface area contributed by atoms with E-state index in [0.29, 0.717) is 23.6 Å². The van der Waals surface area contributed by atoms with Gasteiger partial charge >= 0.3 is 0 Å². The van der Waals surface area contributed by atoms with Crippen LogP contribution in [0.1, 0.15) is 34.5 Å². The number of carbonyl (C=O) groups excluding carboxylic acids is 2. The summed E-state index contributed by atoms with van der Waals surface area (Å²) in [5.74, 6) is 0.346. The summed E-state index contributed by atoms with van der Waals surface area (Å²) in [5, 5.41) is 8.95. The number of hydrogen-bond donors (Lipinski definition) is 3. The molecule has 0 spiro atoms. The van der Waals surface area contributed by atoms with Gasteiger partial charge in [0.1, 0.15) is 12.4 Å². The molecule has 0 saturated heterocycles. The Morgan fingerprint density at radius 2 is 1.47 bits per heavy atom. The molecule has 0 fully saturated rings. The van der Waals surface area contributed by atoms with Gasteiger partial charge in [-0.3, -0.25) is 9.59 Å². The van der Waals surface area contributed by atoms with Crippen molar-refractivity contribution in [3.8, 4) is 5.75 Å². The van der Waals surface area contributed by atoms with Crippen LogP contribution in [-0.2, 0) is 11.4 Å². The Labute approximate surface area is 211 Å². The van der Waals surface area contributed by atoms with Crippen molar-refractivity contribution in [3.05, 3.63) is 126 Å². The molecule has 182 valence electrons. The molecule has 36 heavy (non-hydrogen) atoms. The zero-order valence-electron chi connectivity index (χ0n) is 20.1. The van der Waals surface area contributed by atoms with Crippen LogP contribution in [0.25, 0.3) is 0 Å². The van der Waals surface area contributed by atoms with Crippen molar-refractivity contribution in [2.24, 2.45) is 0 Å². The van der Waals surface area contributed by atoms with Crippen LogP contribution in [0.5, 0.6) is 5.75 Å². The van der Waals surface area contributed by atoms with Crippen LogP contribution in [0.3, 0.4) is 0 Å². The molecule has 4 aromatic carbocycles. The van der Waals surface area contributed by atoms with E-state index >= 15 is 0 Å². The van der Waals surface area contributed by atoms with Crippen molar-refractivity contribution in [2.75, 3.05) is 17.2 Å². The summed E-state index contributed by atoms with van der Waals surface area (Å²) in [5.41, 5.74) is 4.08. The molecular weight excluding hydrogens is 450 g/mol. The quantitative estimate of drug-likeness (QED) is 0.268. The lowest BCUT2D eigenvalue weighted by Gasteiger charge is -2.14. The highest BCUT2D eigenvalue weighted by atomic mass is 16.5. The third kappa shape index (κ3) is 7.21. The van der Waals surface area contributed by atoms with Crippen LogP contribution < -0.4 is 20.7 Å². The largest absolute Gasteiger partial charge is 0.489 e. The standard InChI is InChI=1S/C30H29N3O3/c1-22(24-11-6-3-7-12-24)32-30(35)25-15-17-26(18-16-25)31-20-29(34)33-27-13-8-14-28(19-27)36-21-23-9-4-2-5-10-23/h2-19,22,31H,20-21H2,1H3,(H,32,35)(H,33,34). The van der Waals surface area contributed by atoms with Gasteiger partial charge in [0.25, 0.3) is 5.91 Å². The lowest BCUT2D eigenvalue weighted by molar-refractivity contribution is -0.114. The normalized spacial score (nSPS) is 11.2. The monoisotopic (exact) mass is 479 g/mol. The molecule has 0 radical (unpaired) electrons. The van der Waals surface area contributed by atoms with E-state index in [1.807, 2.05) is 85.8 Å². The van der Waals surface area contributed by atoms with Gasteiger partial charge in [0, 0.05) is 23.0 Å². The molecule has 1 unspecified atom stereocenters. The summed E-state index contributed by atoms with van der Waals surface area (Å²) in [6.45, 7) is 2.50. The number of benzene rings is 4. The number of carbonyl (C=O) groups is 2. The predicted octanol–water partition coefficient (Wildman–Crippen LogP) is 5.81. The Hall–Kier alpha value is -4.58. The highest BCUT2D eigenvalue weighted by molar-refractivity contribution is 5.95. The molecule has 0 aliphatic carbocycles. The summed E-state index contributed by atoms with van der Waals surface area (Å²) in [7, 11) is 0. The lowest BCUT2D eigenvalue weighted by atomic mass is 10.1. The second kappa shape index (κ2) is 12.2. The Morgan fingerprint density at radius 1 is 0.778 bits per heavy atom. The fourth-order valence-electron chi connectivity index (χ4n) is 3.64. The molecule has 0 aliphatic heterocycles. The molecule has 6 heteroatoms. The minimum Gasteiger partial charge on any atom is -0.489 e. The molecule has 3 N–H and O–H groups in total. The minimum absolute atomic E-state index is 0.0890. The van der Waals surface area contributed by atoms with Gasteiger partial charge in [0.2, 0.25) is 5.91 Å². The summed E-state index contributed by atoms with van der Waals surface area (Å²) < 4.78 is 5.82. The molecule has 0 aromatic heterocycles. The lowest BCUT2D eigenvalue weighted by Crippen LogP contribution is -2.26. The second-order valence-electron chi connectivity index (χ2n) is 8.39.